The predicted octanol–water partition coefficient (Wildman–Crippen LogP) is 2.34. The lowest BCUT2D eigenvalue weighted by molar-refractivity contribution is -0.148. The number of aromatic nitrogens is 2. The summed E-state index contributed by atoms with van der Waals surface area (Å²) in [6, 6.07) is 9.28. The first-order valence-corrected chi connectivity index (χ1v) is 11.9. The molecule has 36 heavy (non-hydrogen) atoms. The fraction of sp³-hybridized carbons (Fsp3) is 0.385. The third-order valence-corrected chi connectivity index (χ3v) is 6.59. The molecule has 0 spiro atoms. The molecule has 0 saturated carbocycles. The highest BCUT2D eigenvalue weighted by atomic mass is 19.1. The van der Waals surface area contributed by atoms with Crippen LogP contribution in [-0.4, -0.2) is 40.7 Å². The summed E-state index contributed by atoms with van der Waals surface area (Å²) in [5.74, 6) is -1.18. The van der Waals surface area contributed by atoms with Crippen molar-refractivity contribution in [2.45, 2.75) is 26.2 Å². The quantitative estimate of drug-likeness (QED) is 0.415. The minimum absolute atomic E-state index is 0.0353. The van der Waals surface area contributed by atoms with Crippen molar-refractivity contribution < 1.29 is 18.7 Å². The zero-order valence-corrected chi connectivity index (χ0v) is 20.5. The first-order valence-electron chi connectivity index (χ1n) is 11.9. The summed E-state index contributed by atoms with van der Waals surface area (Å²) in [6.07, 6.45) is 1.13. The second-order valence-corrected chi connectivity index (χ2v) is 8.95. The van der Waals surface area contributed by atoms with Gasteiger partial charge < -0.3 is 24.1 Å². The number of nitrogens with zero attached hydrogens (tertiary/aromatic N) is 3. The molecule has 1 aliphatic rings. The Bertz CT molecular complexity index is 1440. The molecule has 1 aliphatic heterocycles. The summed E-state index contributed by atoms with van der Waals surface area (Å²) in [6.45, 7) is 3.19. The van der Waals surface area contributed by atoms with Crippen molar-refractivity contribution >= 4 is 34.3 Å². The maximum Gasteiger partial charge on any atom is 0.316 e. The van der Waals surface area contributed by atoms with Gasteiger partial charge in [-0.1, -0.05) is 12.1 Å². The zero-order chi connectivity index (χ0) is 26.0. The standard InChI is InChI=1S/C26H29FN4O5/c1-4-36-26(35)17-8-10-31(11-9-17)20-15-22-21(29(2)24(33)25(34)30(22)3)14-19(20)28-23(32)13-16-6-5-7-18(27)12-16/h5-7,12,14-15,17H,4,8-11,13H2,1-3H3,(H,28,32). The maximum absolute atomic E-state index is 13.6. The van der Waals surface area contributed by atoms with E-state index >= 15 is 0 Å². The number of amides is 1. The van der Waals surface area contributed by atoms with Crippen LogP contribution >= 0.6 is 0 Å². The third-order valence-electron chi connectivity index (χ3n) is 6.59. The SMILES string of the molecule is CCOC(=O)C1CCN(c2cc3c(cc2NC(=O)Cc2cccc(F)c2)n(C)c(=O)c(=O)n3C)CC1. The Hall–Kier alpha value is -3.95. The number of carbonyl (C=O) groups excluding carboxylic acids is 2. The maximum atomic E-state index is 13.6. The van der Waals surface area contributed by atoms with Crippen LogP contribution in [0.2, 0.25) is 0 Å². The smallest absolute Gasteiger partial charge is 0.316 e. The first kappa shape index (κ1) is 25.2. The number of fused-ring (bicyclic) bond motifs is 1. The van der Waals surface area contributed by atoms with E-state index in [1.54, 1.807) is 31.2 Å². The van der Waals surface area contributed by atoms with Gasteiger partial charge in [0.05, 0.1) is 41.4 Å². The van der Waals surface area contributed by atoms with Crippen molar-refractivity contribution in [1.82, 2.24) is 9.13 Å². The second-order valence-electron chi connectivity index (χ2n) is 8.95. The molecule has 0 unspecified atom stereocenters. The summed E-state index contributed by atoms with van der Waals surface area (Å²) in [4.78, 5) is 52.0. The van der Waals surface area contributed by atoms with E-state index in [9.17, 15) is 23.6 Å². The Labute approximate surface area is 207 Å². The summed E-state index contributed by atoms with van der Waals surface area (Å²) in [5.41, 5.74) is 1.35. The Morgan fingerprint density at radius 2 is 1.67 bits per heavy atom. The lowest BCUT2D eigenvalue weighted by atomic mass is 9.96. The minimum atomic E-state index is -0.676. The normalized spacial score (nSPS) is 14.2. The number of carbonyl (C=O) groups is 2. The van der Waals surface area contributed by atoms with Crippen LogP contribution in [0.4, 0.5) is 15.8 Å². The monoisotopic (exact) mass is 496 g/mol. The van der Waals surface area contributed by atoms with Crippen molar-refractivity contribution in [3.8, 4) is 0 Å². The predicted molar refractivity (Wildman–Crippen MR) is 135 cm³/mol. The van der Waals surface area contributed by atoms with Gasteiger partial charge in [-0.15, -0.1) is 0 Å². The molecule has 1 N–H and O–H groups in total. The van der Waals surface area contributed by atoms with Crippen molar-refractivity contribution in [2.24, 2.45) is 20.0 Å². The highest BCUT2D eigenvalue weighted by molar-refractivity contribution is 5.99. The topological polar surface area (TPSA) is 103 Å². The molecule has 1 amide bonds. The fourth-order valence-corrected chi connectivity index (χ4v) is 4.61. The van der Waals surface area contributed by atoms with Crippen LogP contribution in [0.5, 0.6) is 0 Å². The molecule has 0 radical (unpaired) electrons. The Kier molecular flexibility index (Phi) is 7.23. The van der Waals surface area contributed by atoms with Gasteiger partial charge in [0.1, 0.15) is 5.82 Å². The van der Waals surface area contributed by atoms with E-state index in [0.717, 1.165) is 0 Å². The van der Waals surface area contributed by atoms with Crippen LogP contribution < -0.4 is 21.3 Å². The van der Waals surface area contributed by atoms with Gasteiger partial charge in [0.15, 0.2) is 0 Å². The molecule has 0 bridgehead atoms. The Balaban J connectivity index is 1.71. The van der Waals surface area contributed by atoms with E-state index in [0.29, 0.717) is 60.5 Å². The van der Waals surface area contributed by atoms with E-state index in [4.69, 9.17) is 4.74 Å². The summed E-state index contributed by atoms with van der Waals surface area (Å²) in [5, 5.41) is 2.91. The first-order chi connectivity index (χ1) is 17.2. The van der Waals surface area contributed by atoms with Crippen LogP contribution in [0.25, 0.3) is 11.0 Å². The number of halogens is 1. The molecule has 0 atom stereocenters. The number of rotatable bonds is 6. The minimum Gasteiger partial charge on any atom is -0.466 e. The van der Waals surface area contributed by atoms with Crippen molar-refractivity contribution in [3.05, 3.63) is 68.5 Å². The van der Waals surface area contributed by atoms with E-state index in [1.165, 1.54) is 35.4 Å². The number of piperidine rings is 1. The average molecular weight is 497 g/mol. The summed E-state index contributed by atoms with van der Waals surface area (Å²) in [7, 11) is 3.04. The molecule has 1 saturated heterocycles. The number of nitrogens with one attached hydrogen (secondary N) is 1. The van der Waals surface area contributed by atoms with E-state index in [1.807, 2.05) is 4.90 Å². The second kappa shape index (κ2) is 10.3. The number of esters is 1. The van der Waals surface area contributed by atoms with Gasteiger partial charge in [-0.3, -0.25) is 19.2 Å². The Morgan fingerprint density at radius 1 is 1.03 bits per heavy atom. The molecular formula is C26H29FN4O5. The van der Waals surface area contributed by atoms with E-state index in [-0.39, 0.29) is 24.2 Å². The van der Waals surface area contributed by atoms with Gasteiger partial charge in [0, 0.05) is 27.2 Å². The number of hydrogen-bond donors (Lipinski definition) is 1. The fourth-order valence-electron chi connectivity index (χ4n) is 4.61. The van der Waals surface area contributed by atoms with Crippen LogP contribution in [-0.2, 0) is 34.8 Å². The Morgan fingerprint density at radius 3 is 2.28 bits per heavy atom. The van der Waals surface area contributed by atoms with Gasteiger partial charge in [0.25, 0.3) is 0 Å². The highest BCUT2D eigenvalue weighted by Crippen LogP contribution is 2.34. The number of benzene rings is 2. The molecule has 9 nitrogen and oxygen atoms in total. The molecule has 4 rings (SSSR count). The van der Waals surface area contributed by atoms with Crippen LogP contribution in [0, 0.1) is 11.7 Å². The molecule has 2 aromatic carbocycles. The van der Waals surface area contributed by atoms with E-state index < -0.39 is 16.9 Å². The van der Waals surface area contributed by atoms with Gasteiger partial charge in [-0.2, -0.15) is 0 Å². The number of anilines is 2. The zero-order valence-electron chi connectivity index (χ0n) is 20.5. The molecule has 190 valence electrons. The lowest BCUT2D eigenvalue weighted by Crippen LogP contribution is -2.40. The van der Waals surface area contributed by atoms with Crippen LogP contribution in [0.1, 0.15) is 25.3 Å². The lowest BCUT2D eigenvalue weighted by Gasteiger charge is -2.34. The van der Waals surface area contributed by atoms with Gasteiger partial charge in [-0.25, -0.2) is 4.39 Å². The molecule has 3 aromatic rings. The van der Waals surface area contributed by atoms with Crippen LogP contribution in [0.15, 0.2) is 46.0 Å². The largest absolute Gasteiger partial charge is 0.466 e. The van der Waals surface area contributed by atoms with E-state index in [2.05, 4.69) is 5.32 Å². The van der Waals surface area contributed by atoms with Crippen molar-refractivity contribution in [3.63, 3.8) is 0 Å². The third kappa shape index (κ3) is 5.02. The van der Waals surface area contributed by atoms with Gasteiger partial charge in [0.2, 0.25) is 5.91 Å². The van der Waals surface area contributed by atoms with Crippen molar-refractivity contribution in [2.75, 3.05) is 29.9 Å². The molecular weight excluding hydrogens is 467 g/mol. The van der Waals surface area contributed by atoms with Crippen molar-refractivity contribution in [1.29, 1.82) is 0 Å². The molecule has 10 heteroatoms. The summed E-state index contributed by atoms with van der Waals surface area (Å²) >= 11 is 0. The van der Waals surface area contributed by atoms with Crippen LogP contribution in [0.3, 0.4) is 0 Å². The number of ether oxygens (including phenoxy) is 1. The van der Waals surface area contributed by atoms with Gasteiger partial charge in [-0.05, 0) is 49.6 Å². The molecule has 1 aromatic heterocycles. The highest BCUT2D eigenvalue weighted by Gasteiger charge is 2.28. The molecule has 0 aliphatic carbocycles. The summed E-state index contributed by atoms with van der Waals surface area (Å²) < 4.78 is 21.3. The average Bonchev–Trinajstić information content (AvgIpc) is 2.86. The molecule has 1 fully saturated rings. The number of aryl methyl sites for hydroxylation is 2. The number of hydrogen-bond acceptors (Lipinski definition) is 6. The van der Waals surface area contributed by atoms with Gasteiger partial charge >= 0.3 is 17.1 Å². The molecule has 2 heterocycles.